The minimum atomic E-state index is -2.30. The Kier molecular flexibility index (Phi) is 41.5. The monoisotopic (exact) mass is 2170 g/mol. The molecule has 2 aromatic rings. The Hall–Kier alpha value is -3.28. The molecular formula is C121H156Cl6Si3Zr3. The van der Waals surface area contributed by atoms with Gasteiger partial charge in [0.25, 0.3) is 0 Å². The van der Waals surface area contributed by atoms with Crippen LogP contribution in [0.4, 0.5) is 0 Å². The minimum absolute atomic E-state index is 0. The predicted molar refractivity (Wildman–Crippen MR) is 589 cm³/mol. The number of halogens is 6. The Morgan fingerprint density at radius 2 is 0.481 bits per heavy atom. The SMILES string of the molecule is C=CC[Si](C)(C1C2C=CC=CC2C2C=CC=CC21)C1C2C=C(C)C=CC2C2C=CC(C(C)(C)C)=CC21.C=CC[Si](c1ccccc1)(C1C2C=CC=CC2C2C=CC=CC21)C1C2C=C(C)C=CC2C2C=CC(C(C)(C)C)=CC21.CCC[Si](c1ccccc1)(C1C2C=CC=CC2C2C=CC=CC21)C1C2C=C(C)C=CC2C2C=CC(C(C)(C)C)=CC21.[CH3-].[CH3-].[CH3-].[CH3-].[CH3-].[CH3-].[Cl][Zr+2][Cl].[Cl][Zr+2][Cl].[Cl][Zr+2][Cl]. The van der Waals surface area contributed by atoms with E-state index in [-0.39, 0.29) is 60.8 Å². The molecule has 30 unspecified atom stereocenters. The molecule has 2 aromatic carbocycles. The van der Waals surface area contributed by atoms with Crippen LogP contribution in [0.2, 0.25) is 57.9 Å². The summed E-state index contributed by atoms with van der Waals surface area (Å²) in [5.41, 5.74) is 13.6. The van der Waals surface area contributed by atoms with Crippen LogP contribution in [0.15, 0.2) is 375 Å². The zero-order valence-electron chi connectivity index (χ0n) is 83.5. The summed E-state index contributed by atoms with van der Waals surface area (Å²) in [6.45, 7) is 42.7. The molecule has 0 bridgehead atoms. The number of fused-ring (bicyclic) bond motifs is 18. The van der Waals surface area contributed by atoms with E-state index in [4.69, 9.17) is 51.1 Å². The van der Waals surface area contributed by atoms with E-state index < -0.39 is 86.8 Å². The van der Waals surface area contributed by atoms with Gasteiger partial charge in [-0.1, -0.05) is 443 Å². The average Bonchev–Trinajstić information content (AvgIpc) is 1.54. The molecule has 133 heavy (non-hydrogen) atoms. The predicted octanol–water partition coefficient (Wildman–Crippen LogP) is 35.4. The van der Waals surface area contributed by atoms with Crippen LogP contribution in [-0.4, -0.2) is 24.2 Å². The summed E-state index contributed by atoms with van der Waals surface area (Å²) in [7, 11) is 23.2. The van der Waals surface area contributed by atoms with Gasteiger partial charge < -0.3 is 44.6 Å². The Morgan fingerprint density at radius 3 is 0.752 bits per heavy atom. The van der Waals surface area contributed by atoms with Gasteiger partial charge in [-0.25, -0.2) is 0 Å². The van der Waals surface area contributed by atoms with E-state index in [1.165, 1.54) is 46.4 Å². The second kappa shape index (κ2) is 48.7. The molecule has 18 aliphatic carbocycles. The van der Waals surface area contributed by atoms with Gasteiger partial charge in [-0.15, -0.1) is 13.2 Å². The van der Waals surface area contributed by atoms with E-state index in [0.717, 1.165) is 17.1 Å². The van der Waals surface area contributed by atoms with Crippen molar-refractivity contribution < 1.29 is 62.5 Å². The average molecular weight is 2180 g/mol. The molecule has 6 saturated carbocycles. The summed E-state index contributed by atoms with van der Waals surface area (Å²) in [6.07, 6.45) is 112. The van der Waals surface area contributed by atoms with Gasteiger partial charge in [-0.3, -0.25) is 0 Å². The van der Waals surface area contributed by atoms with Gasteiger partial charge >= 0.3 is 114 Å². The third kappa shape index (κ3) is 22.0. The molecule has 0 amide bonds. The molecule has 0 nitrogen and oxygen atoms in total. The van der Waals surface area contributed by atoms with E-state index in [2.05, 4.69) is 438 Å². The quantitative estimate of drug-likeness (QED) is 0.100. The molecule has 706 valence electrons. The molecule has 0 saturated heterocycles. The number of hydrogen-bond acceptors (Lipinski definition) is 0. The van der Waals surface area contributed by atoms with Crippen LogP contribution in [0.25, 0.3) is 0 Å². The molecule has 0 N–H and O–H groups in total. The normalized spacial score (nSPS) is 36.2. The number of allylic oxidation sites excluding steroid dienone is 50. The summed E-state index contributed by atoms with van der Waals surface area (Å²) in [6, 6.07) is 27.7. The zero-order chi connectivity index (χ0) is 90.1. The summed E-state index contributed by atoms with van der Waals surface area (Å²) in [5.74, 6) is 14.6. The fourth-order valence-electron chi connectivity index (χ4n) is 30.0. The molecule has 12 heteroatoms. The Bertz CT molecular complexity index is 4990. The molecular weight excluding hydrogens is 2020 g/mol. The van der Waals surface area contributed by atoms with Crippen molar-refractivity contribution in [2.24, 2.45) is 158 Å². The summed E-state index contributed by atoms with van der Waals surface area (Å²) >= 11 is -2.48. The van der Waals surface area contributed by atoms with Crippen molar-refractivity contribution in [2.45, 2.75) is 154 Å². The second-order valence-electron chi connectivity index (χ2n) is 43.4. The van der Waals surface area contributed by atoms with Gasteiger partial charge in [0.15, 0.2) is 0 Å². The topological polar surface area (TPSA) is 0 Å². The fourth-order valence-corrected chi connectivity index (χ4v) is 51.6. The first-order chi connectivity index (χ1) is 61.2. The summed E-state index contributed by atoms with van der Waals surface area (Å²) in [4.78, 5) is 0. The maximum absolute atomic E-state index is 4.93. The van der Waals surface area contributed by atoms with Gasteiger partial charge in [0.2, 0.25) is 0 Å². The van der Waals surface area contributed by atoms with Crippen molar-refractivity contribution >= 4 is 85.7 Å². The van der Waals surface area contributed by atoms with E-state index in [1.807, 2.05) is 0 Å². The third-order valence-corrected chi connectivity index (χ3v) is 52.9. The van der Waals surface area contributed by atoms with Crippen molar-refractivity contribution in [3.63, 3.8) is 0 Å². The Balaban J connectivity index is 0.000000210. The molecule has 0 radical (unpaired) electrons. The fraction of sp³-hybridized carbons (Fsp3) is 0.421. The molecule has 0 spiro atoms. The second-order valence-corrected chi connectivity index (χ2v) is 68.2. The van der Waals surface area contributed by atoms with Gasteiger partial charge in [0.1, 0.15) is 0 Å². The van der Waals surface area contributed by atoms with Crippen LogP contribution in [-0.2, 0) is 62.5 Å². The zero-order valence-corrected chi connectivity index (χ0v) is 98.4. The van der Waals surface area contributed by atoms with Crippen molar-refractivity contribution in [1.29, 1.82) is 0 Å². The molecule has 18 aliphatic rings. The molecule has 6 fully saturated rings. The van der Waals surface area contributed by atoms with Crippen LogP contribution < -0.4 is 10.4 Å². The Morgan fingerprint density at radius 1 is 0.278 bits per heavy atom. The van der Waals surface area contributed by atoms with Crippen molar-refractivity contribution in [3.8, 4) is 0 Å². The van der Waals surface area contributed by atoms with Crippen molar-refractivity contribution in [1.82, 2.24) is 0 Å². The summed E-state index contributed by atoms with van der Waals surface area (Å²) in [5, 5.41) is 3.38. The van der Waals surface area contributed by atoms with Crippen LogP contribution in [0.5, 0.6) is 0 Å². The van der Waals surface area contributed by atoms with Gasteiger partial charge in [-0.2, -0.15) is 0 Å². The van der Waals surface area contributed by atoms with Crippen molar-refractivity contribution in [2.75, 3.05) is 0 Å². The van der Waals surface area contributed by atoms with Crippen LogP contribution in [0.1, 0.15) is 96.4 Å². The van der Waals surface area contributed by atoms with Gasteiger partial charge in [0, 0.05) is 0 Å². The first-order valence-corrected chi connectivity index (χ1v) is 74.4. The molecule has 0 aromatic heterocycles. The van der Waals surface area contributed by atoms with E-state index in [9.17, 15) is 0 Å². The standard InChI is InChI=1S/C40H48Si.C40H46Si.C35H44Si.6CH3.6ClH.3Zr/c2*1-6-24-41(29-14-8-7-9-15-29,38-34-18-12-10-16-30(34)31-17-11-13-19-35(31)38)39-36-25-27(2)20-22-32(36)33-23-21-28(26-37(33)39)40(3,4)5;1-7-20-36(6,33-29-14-10-8-12-25(29)26-13-9-11-15-30(26)33)34-31-21-23(2)16-18-27(31)28-19-17-24(22-32(28)34)35(3,4)5;;;;;;;;;;;;;;;/h7-23,25-26,30-39H,6,24H2,1-5H3;6-23,25-26,30-39H,1,24H2,2-5H3;7-19,21-22,25-34H,1,20H2,2-6H3;6*1H3;6*1H;;;/q;;;6*-1;;;;;;;3*+4/p-6. The maximum atomic E-state index is 4.93. The Labute approximate surface area is 870 Å². The summed E-state index contributed by atoms with van der Waals surface area (Å²) < 4.78 is 0. The molecule has 20 rings (SSSR count). The number of rotatable bonds is 14. The number of hydrogen-bond donors (Lipinski definition) is 0. The van der Waals surface area contributed by atoms with E-state index in [1.54, 1.807) is 15.9 Å². The van der Waals surface area contributed by atoms with E-state index in [0.29, 0.717) is 164 Å². The van der Waals surface area contributed by atoms with Crippen LogP contribution in [0, 0.1) is 203 Å². The van der Waals surface area contributed by atoms with Crippen LogP contribution >= 0.6 is 51.1 Å². The first-order valence-electron chi connectivity index (χ1n) is 47.8. The van der Waals surface area contributed by atoms with Crippen molar-refractivity contribution in [3.05, 3.63) is 419 Å². The molecule has 0 aliphatic heterocycles. The van der Waals surface area contributed by atoms with Crippen LogP contribution in [0.3, 0.4) is 0 Å². The van der Waals surface area contributed by atoms with E-state index >= 15 is 0 Å². The molecule has 0 heterocycles. The van der Waals surface area contributed by atoms with Gasteiger partial charge in [-0.05, 0) is 241 Å². The first kappa shape index (κ1) is 113. The molecule has 30 atom stereocenters. The van der Waals surface area contributed by atoms with Gasteiger partial charge in [0.05, 0.1) is 24.2 Å². The number of benzene rings is 2. The third-order valence-electron chi connectivity index (χ3n) is 34.2.